The Morgan fingerprint density at radius 2 is 2.17 bits per heavy atom. The molecule has 2 aromatic carbocycles. The molecule has 1 unspecified atom stereocenters. The summed E-state index contributed by atoms with van der Waals surface area (Å²) in [7, 11) is 0. The van der Waals surface area contributed by atoms with Gasteiger partial charge in [-0.15, -0.1) is 0 Å². The Morgan fingerprint density at radius 1 is 1.34 bits per heavy atom. The van der Waals surface area contributed by atoms with E-state index >= 15 is 0 Å². The lowest BCUT2D eigenvalue weighted by Gasteiger charge is -2.25. The molecule has 2 heterocycles. The van der Waals surface area contributed by atoms with Gasteiger partial charge in [0.05, 0.1) is 12.5 Å². The maximum absolute atomic E-state index is 13.4. The number of carbonyl (C=O) groups excluding carboxylic acids is 2. The van der Waals surface area contributed by atoms with E-state index in [4.69, 9.17) is 9.47 Å². The van der Waals surface area contributed by atoms with Gasteiger partial charge >= 0.3 is 0 Å². The number of carbonyl (C=O) groups is 2. The molecule has 0 saturated heterocycles. The smallest absolute Gasteiger partial charge is 0.228 e. The average molecular weight is 398 g/mol. The van der Waals surface area contributed by atoms with Gasteiger partial charge in [0.25, 0.3) is 0 Å². The number of nitrogens with one attached hydrogen (secondary N) is 2. The van der Waals surface area contributed by atoms with E-state index < -0.39 is 11.7 Å². The minimum atomic E-state index is -0.649. The van der Waals surface area contributed by atoms with Crippen LogP contribution in [0.25, 0.3) is 0 Å². The average Bonchev–Trinajstić information content (AvgIpc) is 2.98. The number of fused-ring (bicyclic) bond motifs is 2. The molecule has 152 valence electrons. The van der Waals surface area contributed by atoms with E-state index in [9.17, 15) is 14.0 Å². The maximum Gasteiger partial charge on any atom is 0.228 e. The molecular formula is C22H23FN2O4. The van der Waals surface area contributed by atoms with Gasteiger partial charge in [-0.1, -0.05) is 18.2 Å². The molecule has 0 saturated carbocycles. The third-order valence-electron chi connectivity index (χ3n) is 5.08. The largest absolute Gasteiger partial charge is 0.488 e. The molecule has 2 N–H and O–H groups in total. The second kappa shape index (κ2) is 7.39. The van der Waals surface area contributed by atoms with E-state index in [0.29, 0.717) is 17.0 Å². The van der Waals surface area contributed by atoms with E-state index in [1.54, 1.807) is 0 Å². The lowest BCUT2D eigenvalue weighted by Crippen LogP contribution is -2.36. The van der Waals surface area contributed by atoms with Crippen molar-refractivity contribution in [2.75, 3.05) is 18.5 Å². The van der Waals surface area contributed by atoms with Gasteiger partial charge in [-0.3, -0.25) is 9.59 Å². The number of rotatable bonds is 5. The molecule has 0 bridgehead atoms. The van der Waals surface area contributed by atoms with Crippen LogP contribution in [-0.2, 0) is 16.0 Å². The number of amides is 2. The van der Waals surface area contributed by atoms with Crippen LogP contribution in [0, 0.1) is 5.82 Å². The molecule has 0 aliphatic carbocycles. The van der Waals surface area contributed by atoms with E-state index in [2.05, 4.69) is 10.6 Å². The lowest BCUT2D eigenvalue weighted by atomic mass is 9.89. The molecule has 1 atom stereocenters. The van der Waals surface area contributed by atoms with Crippen LogP contribution >= 0.6 is 0 Å². The lowest BCUT2D eigenvalue weighted by molar-refractivity contribution is -0.126. The summed E-state index contributed by atoms with van der Waals surface area (Å²) in [6, 6.07) is 9.85. The zero-order valence-corrected chi connectivity index (χ0v) is 16.4. The van der Waals surface area contributed by atoms with Crippen molar-refractivity contribution in [1.29, 1.82) is 0 Å². The first kappa shape index (κ1) is 19.2. The molecular weight excluding hydrogens is 375 g/mol. The number of ether oxygens (including phenoxy) is 2. The van der Waals surface area contributed by atoms with Gasteiger partial charge in [0.2, 0.25) is 11.8 Å². The highest BCUT2D eigenvalue weighted by molar-refractivity contribution is 6.01. The summed E-state index contributed by atoms with van der Waals surface area (Å²) in [5.74, 6) is -0.293. The quantitative estimate of drug-likeness (QED) is 0.759. The van der Waals surface area contributed by atoms with Crippen LogP contribution in [0.4, 0.5) is 10.1 Å². The zero-order chi connectivity index (χ0) is 20.6. The van der Waals surface area contributed by atoms with Crippen molar-refractivity contribution < 1.29 is 23.5 Å². The predicted molar refractivity (Wildman–Crippen MR) is 106 cm³/mol. The van der Waals surface area contributed by atoms with E-state index in [-0.39, 0.29) is 37.0 Å². The fraction of sp³-hybridized carbons (Fsp3) is 0.364. The van der Waals surface area contributed by atoms with Crippen molar-refractivity contribution in [2.45, 2.75) is 38.2 Å². The Morgan fingerprint density at radius 3 is 3.00 bits per heavy atom. The van der Waals surface area contributed by atoms with Crippen LogP contribution in [0.2, 0.25) is 0 Å². The number of para-hydroxylation sites is 1. The van der Waals surface area contributed by atoms with Crippen LogP contribution in [0.1, 0.15) is 37.3 Å². The summed E-state index contributed by atoms with van der Waals surface area (Å²) in [6.07, 6.45) is 0.848. The van der Waals surface area contributed by atoms with Crippen molar-refractivity contribution in [3.63, 3.8) is 0 Å². The fourth-order valence-electron chi connectivity index (χ4n) is 3.83. The van der Waals surface area contributed by atoms with E-state index in [1.165, 1.54) is 18.2 Å². The second-order valence-corrected chi connectivity index (χ2v) is 7.96. The minimum absolute atomic E-state index is 0.0282. The van der Waals surface area contributed by atoms with E-state index in [0.717, 1.165) is 17.7 Å². The summed E-state index contributed by atoms with van der Waals surface area (Å²) in [4.78, 5) is 24.5. The topological polar surface area (TPSA) is 76.7 Å². The molecule has 0 aromatic heterocycles. The van der Waals surface area contributed by atoms with Crippen LogP contribution in [0.5, 0.6) is 11.5 Å². The molecule has 4 rings (SSSR count). The number of anilines is 1. The molecule has 2 aromatic rings. The first-order valence-corrected chi connectivity index (χ1v) is 9.63. The second-order valence-electron chi connectivity index (χ2n) is 7.96. The molecule has 7 heteroatoms. The van der Waals surface area contributed by atoms with Crippen molar-refractivity contribution in [1.82, 2.24) is 5.32 Å². The van der Waals surface area contributed by atoms with Crippen molar-refractivity contribution >= 4 is 17.5 Å². The standard InChI is InChI=1S/C22H23FN2O4/c1-22(2)12-13-4-3-5-18(20(13)29-22)28-9-8-24-21(27)16-11-19(26)25-17-10-14(23)6-7-15(16)17/h3-7,10,16H,8-9,11-12H2,1-2H3,(H,24,27)(H,25,26). The van der Waals surface area contributed by atoms with Crippen LogP contribution < -0.4 is 20.1 Å². The monoisotopic (exact) mass is 398 g/mol. The molecule has 29 heavy (non-hydrogen) atoms. The van der Waals surface area contributed by atoms with Crippen LogP contribution in [0.3, 0.4) is 0 Å². The van der Waals surface area contributed by atoms with Crippen molar-refractivity contribution in [3.05, 3.63) is 53.3 Å². The van der Waals surface area contributed by atoms with Gasteiger partial charge in [0, 0.05) is 24.1 Å². The summed E-state index contributed by atoms with van der Waals surface area (Å²) in [5.41, 5.74) is 1.80. The number of hydrogen-bond donors (Lipinski definition) is 2. The Balaban J connectivity index is 1.35. The molecule has 0 spiro atoms. The Hall–Kier alpha value is -3.09. The third kappa shape index (κ3) is 4.04. The first-order valence-electron chi connectivity index (χ1n) is 9.63. The molecule has 2 amide bonds. The van der Waals surface area contributed by atoms with Gasteiger partial charge in [0.1, 0.15) is 18.0 Å². The molecule has 2 aliphatic heterocycles. The number of hydrogen-bond acceptors (Lipinski definition) is 4. The summed E-state index contributed by atoms with van der Waals surface area (Å²) < 4.78 is 25.2. The van der Waals surface area contributed by atoms with Gasteiger partial charge < -0.3 is 20.1 Å². The minimum Gasteiger partial charge on any atom is -0.488 e. The summed E-state index contributed by atoms with van der Waals surface area (Å²) >= 11 is 0. The fourth-order valence-corrected chi connectivity index (χ4v) is 3.83. The predicted octanol–water partition coefficient (Wildman–Crippen LogP) is 3.16. The maximum atomic E-state index is 13.4. The van der Waals surface area contributed by atoms with Gasteiger partial charge in [-0.05, 0) is 37.6 Å². The molecule has 6 nitrogen and oxygen atoms in total. The van der Waals surface area contributed by atoms with Crippen molar-refractivity contribution in [2.24, 2.45) is 0 Å². The third-order valence-corrected chi connectivity index (χ3v) is 5.08. The normalized spacial score (nSPS) is 18.9. The molecule has 0 fully saturated rings. The Labute approximate surface area is 168 Å². The SMILES string of the molecule is CC1(C)Cc2cccc(OCCNC(=O)C3CC(=O)Nc4cc(F)ccc43)c2O1. The van der Waals surface area contributed by atoms with Crippen molar-refractivity contribution in [3.8, 4) is 11.5 Å². The molecule has 2 aliphatic rings. The van der Waals surface area contributed by atoms with E-state index in [1.807, 2.05) is 32.0 Å². The first-order chi connectivity index (χ1) is 13.8. The highest BCUT2D eigenvalue weighted by Crippen LogP contribution is 2.41. The summed E-state index contributed by atoms with van der Waals surface area (Å²) in [6.45, 7) is 4.60. The highest BCUT2D eigenvalue weighted by atomic mass is 19.1. The zero-order valence-electron chi connectivity index (χ0n) is 16.4. The summed E-state index contributed by atoms with van der Waals surface area (Å²) in [5, 5.41) is 5.41. The number of halogens is 1. The van der Waals surface area contributed by atoms with Crippen LogP contribution in [0.15, 0.2) is 36.4 Å². The van der Waals surface area contributed by atoms with Gasteiger partial charge in [-0.2, -0.15) is 0 Å². The van der Waals surface area contributed by atoms with Gasteiger partial charge in [0.15, 0.2) is 11.5 Å². The molecule has 0 radical (unpaired) electrons. The highest BCUT2D eigenvalue weighted by Gasteiger charge is 2.33. The van der Waals surface area contributed by atoms with Crippen LogP contribution in [-0.4, -0.2) is 30.6 Å². The van der Waals surface area contributed by atoms with Gasteiger partial charge in [-0.25, -0.2) is 4.39 Å². The Kier molecular flexibility index (Phi) is 4.90. The number of benzene rings is 2. The Bertz CT molecular complexity index is 973.